The molecule has 0 rings (SSSR count). The smallest absolute Gasteiger partial charge is 0.224 e. The molecule has 0 spiro atoms. The summed E-state index contributed by atoms with van der Waals surface area (Å²) in [7, 11) is 1.66. The van der Waals surface area contributed by atoms with E-state index >= 15 is 0 Å². The fourth-order valence-corrected chi connectivity index (χ4v) is 0.545. The average molecular weight is 169 g/mol. The van der Waals surface area contributed by atoms with E-state index in [1.165, 1.54) is 12.7 Å². The Morgan fingerprint density at radius 3 is 2.58 bits per heavy atom. The van der Waals surface area contributed by atoms with Crippen LogP contribution in [0.25, 0.3) is 0 Å². The molecule has 5 nitrogen and oxygen atoms in total. The van der Waals surface area contributed by atoms with Crippen LogP contribution < -0.4 is 11.1 Å². The maximum absolute atomic E-state index is 5.12. The van der Waals surface area contributed by atoms with E-state index in [4.69, 9.17) is 5.73 Å². The first kappa shape index (κ1) is 10.6. The van der Waals surface area contributed by atoms with Gasteiger partial charge in [0.2, 0.25) is 5.96 Å². The lowest BCUT2D eigenvalue weighted by molar-refractivity contribution is 0.828. The van der Waals surface area contributed by atoms with Gasteiger partial charge in [-0.1, -0.05) is 0 Å². The molecule has 0 aromatic heterocycles. The molecule has 0 heterocycles. The highest BCUT2D eigenvalue weighted by molar-refractivity contribution is 5.94. The fraction of sp³-hybridized carbons (Fsp3) is 0.571. The van der Waals surface area contributed by atoms with Crippen molar-refractivity contribution in [3.63, 3.8) is 0 Å². The van der Waals surface area contributed by atoms with E-state index in [2.05, 4.69) is 20.3 Å². The molecule has 0 saturated carbocycles. The van der Waals surface area contributed by atoms with Crippen LogP contribution >= 0.6 is 0 Å². The zero-order valence-corrected chi connectivity index (χ0v) is 7.65. The van der Waals surface area contributed by atoms with Gasteiger partial charge >= 0.3 is 0 Å². The maximum atomic E-state index is 5.12. The zero-order valence-electron chi connectivity index (χ0n) is 7.65. The number of aliphatic imine (C=N–C) groups is 3. The Hall–Kier alpha value is -1.39. The molecule has 0 bridgehead atoms. The molecule has 0 saturated heterocycles. The maximum Gasteiger partial charge on any atom is 0.224 e. The van der Waals surface area contributed by atoms with Gasteiger partial charge < -0.3 is 11.1 Å². The van der Waals surface area contributed by atoms with Crippen molar-refractivity contribution in [1.82, 2.24) is 5.32 Å². The lowest BCUT2D eigenvalue weighted by Crippen LogP contribution is -2.22. The van der Waals surface area contributed by atoms with Gasteiger partial charge in [-0.3, -0.25) is 4.99 Å². The van der Waals surface area contributed by atoms with Gasteiger partial charge in [0.25, 0.3) is 0 Å². The van der Waals surface area contributed by atoms with Crippen LogP contribution in [0.2, 0.25) is 0 Å². The second-order valence-corrected chi connectivity index (χ2v) is 2.36. The SMILES string of the molecule is CN=CNC(N=CN)=NC(C)C. The van der Waals surface area contributed by atoms with E-state index in [9.17, 15) is 0 Å². The molecule has 0 unspecified atom stereocenters. The Bertz CT molecular complexity index is 192. The molecule has 0 atom stereocenters. The molecule has 0 radical (unpaired) electrons. The van der Waals surface area contributed by atoms with Crippen molar-refractivity contribution in [3.8, 4) is 0 Å². The second-order valence-electron chi connectivity index (χ2n) is 2.36. The van der Waals surface area contributed by atoms with Gasteiger partial charge in [0.15, 0.2) is 0 Å². The quantitative estimate of drug-likeness (QED) is 0.450. The number of hydrogen-bond donors (Lipinski definition) is 2. The van der Waals surface area contributed by atoms with Crippen molar-refractivity contribution < 1.29 is 0 Å². The van der Waals surface area contributed by atoms with Crippen LogP contribution in [0.15, 0.2) is 15.0 Å². The van der Waals surface area contributed by atoms with Crippen LogP contribution in [0.1, 0.15) is 13.8 Å². The molecule has 0 aromatic carbocycles. The summed E-state index contributed by atoms with van der Waals surface area (Å²) in [6, 6.07) is 0.182. The third-order valence-corrected chi connectivity index (χ3v) is 0.900. The number of nitrogens with two attached hydrogens (primary N) is 1. The minimum Gasteiger partial charge on any atom is -0.390 e. The minimum absolute atomic E-state index is 0.182. The van der Waals surface area contributed by atoms with Gasteiger partial charge in [0.05, 0.1) is 12.7 Å². The van der Waals surface area contributed by atoms with Crippen LogP contribution in [0, 0.1) is 0 Å². The van der Waals surface area contributed by atoms with Crippen molar-refractivity contribution in [2.45, 2.75) is 19.9 Å². The van der Waals surface area contributed by atoms with Crippen LogP contribution in [0.4, 0.5) is 0 Å². The van der Waals surface area contributed by atoms with Gasteiger partial charge in [-0.25, -0.2) is 9.98 Å². The Labute approximate surface area is 72.5 Å². The van der Waals surface area contributed by atoms with Gasteiger partial charge in [-0.15, -0.1) is 0 Å². The normalized spacial score (nSPS) is 13.5. The van der Waals surface area contributed by atoms with Gasteiger partial charge in [-0.05, 0) is 13.8 Å². The highest BCUT2D eigenvalue weighted by Gasteiger charge is 1.93. The molecule has 0 aliphatic heterocycles. The third kappa shape index (κ3) is 5.40. The highest BCUT2D eigenvalue weighted by atomic mass is 15.1. The molecule has 12 heavy (non-hydrogen) atoms. The van der Waals surface area contributed by atoms with E-state index in [1.54, 1.807) is 7.05 Å². The van der Waals surface area contributed by atoms with E-state index < -0.39 is 0 Å². The summed E-state index contributed by atoms with van der Waals surface area (Å²) < 4.78 is 0. The first-order valence-corrected chi connectivity index (χ1v) is 3.70. The Morgan fingerprint density at radius 2 is 2.17 bits per heavy atom. The number of rotatable bonds is 2. The molecular formula is C7H15N5. The molecule has 0 fully saturated rings. The first-order chi connectivity index (χ1) is 5.70. The zero-order chi connectivity index (χ0) is 9.40. The lowest BCUT2D eigenvalue weighted by Gasteiger charge is -2.00. The van der Waals surface area contributed by atoms with Crippen molar-refractivity contribution >= 4 is 18.6 Å². The summed E-state index contributed by atoms with van der Waals surface area (Å²) in [5.74, 6) is 0.470. The molecule has 0 aromatic rings. The minimum atomic E-state index is 0.182. The van der Waals surface area contributed by atoms with Crippen LogP contribution in [-0.4, -0.2) is 31.7 Å². The standard InChI is InChI=1S/C7H15N5/c1-6(2)12-7(10-4-8)11-5-9-3/h4-6H,1-3H3,(H3,8,9,10,11,12). The monoisotopic (exact) mass is 169 g/mol. The molecule has 0 aliphatic carbocycles. The molecule has 0 amide bonds. The van der Waals surface area contributed by atoms with E-state index in [0.717, 1.165) is 0 Å². The Balaban J connectivity index is 4.22. The summed E-state index contributed by atoms with van der Waals surface area (Å²) in [5.41, 5.74) is 5.12. The average Bonchev–Trinajstić information content (AvgIpc) is 2.00. The number of hydrogen-bond acceptors (Lipinski definition) is 2. The first-order valence-electron chi connectivity index (χ1n) is 3.70. The lowest BCUT2D eigenvalue weighted by atomic mass is 10.4. The van der Waals surface area contributed by atoms with Gasteiger partial charge in [0, 0.05) is 13.1 Å². The van der Waals surface area contributed by atoms with Crippen LogP contribution in [0.5, 0.6) is 0 Å². The third-order valence-electron chi connectivity index (χ3n) is 0.900. The largest absolute Gasteiger partial charge is 0.390 e. The topological polar surface area (TPSA) is 75.1 Å². The summed E-state index contributed by atoms with van der Waals surface area (Å²) in [6.07, 6.45) is 2.70. The second kappa shape index (κ2) is 6.33. The van der Waals surface area contributed by atoms with Crippen molar-refractivity contribution in [3.05, 3.63) is 0 Å². The summed E-state index contributed by atoms with van der Waals surface area (Å²) in [4.78, 5) is 11.7. The van der Waals surface area contributed by atoms with Crippen LogP contribution in [0.3, 0.4) is 0 Å². The van der Waals surface area contributed by atoms with Crippen molar-refractivity contribution in [2.24, 2.45) is 20.7 Å². The number of guanidine groups is 1. The number of nitrogens with one attached hydrogen (secondary N) is 1. The van der Waals surface area contributed by atoms with E-state index in [1.807, 2.05) is 13.8 Å². The summed E-state index contributed by atoms with van der Waals surface area (Å²) >= 11 is 0. The van der Waals surface area contributed by atoms with E-state index in [-0.39, 0.29) is 6.04 Å². The predicted molar refractivity (Wildman–Crippen MR) is 52.8 cm³/mol. The summed E-state index contributed by atoms with van der Waals surface area (Å²) in [5, 5.41) is 2.78. The Kier molecular flexibility index (Phi) is 5.60. The predicted octanol–water partition coefficient (Wildman–Crippen LogP) is -0.0145. The van der Waals surface area contributed by atoms with E-state index in [0.29, 0.717) is 5.96 Å². The van der Waals surface area contributed by atoms with Gasteiger partial charge in [0.1, 0.15) is 0 Å². The fourth-order valence-electron chi connectivity index (χ4n) is 0.545. The Morgan fingerprint density at radius 1 is 1.50 bits per heavy atom. The van der Waals surface area contributed by atoms with Crippen molar-refractivity contribution in [1.29, 1.82) is 0 Å². The van der Waals surface area contributed by atoms with Crippen molar-refractivity contribution in [2.75, 3.05) is 7.05 Å². The molecule has 5 heteroatoms. The van der Waals surface area contributed by atoms with Gasteiger partial charge in [-0.2, -0.15) is 0 Å². The molecule has 0 aliphatic rings. The summed E-state index contributed by atoms with van der Waals surface area (Å²) in [6.45, 7) is 3.91. The molecule has 3 N–H and O–H groups in total. The van der Waals surface area contributed by atoms with Crippen LogP contribution in [-0.2, 0) is 0 Å². The molecule has 68 valence electrons. The highest BCUT2D eigenvalue weighted by Crippen LogP contribution is 1.86. The molecular weight excluding hydrogens is 154 g/mol. The number of nitrogens with zero attached hydrogens (tertiary/aromatic N) is 3.